The van der Waals surface area contributed by atoms with Crippen molar-refractivity contribution in [3.05, 3.63) is 12.2 Å². The van der Waals surface area contributed by atoms with E-state index >= 15 is 0 Å². The Labute approximate surface area is 80.2 Å². The van der Waals surface area contributed by atoms with Crippen LogP contribution in [0.25, 0.3) is 0 Å². The van der Waals surface area contributed by atoms with Gasteiger partial charge >= 0.3 is 12.2 Å². The maximum absolute atomic E-state index is 10.3. The minimum Gasteiger partial charge on any atom is -0.368 e. The summed E-state index contributed by atoms with van der Waals surface area (Å²) in [6, 6.07) is 0. The van der Waals surface area contributed by atoms with Crippen molar-refractivity contribution in [2.24, 2.45) is 0 Å². The highest BCUT2D eigenvalue weighted by atomic mass is 19.3. The molecule has 0 aromatic carbocycles. The number of ether oxygens (including phenoxy) is 1. The van der Waals surface area contributed by atoms with E-state index in [0.29, 0.717) is 6.61 Å². The van der Waals surface area contributed by atoms with E-state index in [1.165, 1.54) is 0 Å². The second-order valence-electron chi connectivity index (χ2n) is 2.34. The predicted molar refractivity (Wildman–Crippen MR) is 44.0 cm³/mol. The summed E-state index contributed by atoms with van der Waals surface area (Å²) in [6.45, 7) is 4.38. The van der Waals surface area contributed by atoms with E-state index in [0.717, 1.165) is 12.8 Å². The first-order valence-corrected chi connectivity index (χ1v) is 4.07. The Balaban J connectivity index is 0. The number of unbranched alkanes of at least 4 members (excludes halogenated alkanes) is 1. The lowest BCUT2D eigenvalue weighted by atomic mass is 10.4. The Morgan fingerprint density at radius 2 is 1.64 bits per heavy atom. The molecule has 0 aromatic heterocycles. The fraction of sp³-hybridized carbons (Fsp3) is 0.750. The van der Waals surface area contributed by atoms with Gasteiger partial charge in [0.1, 0.15) is 0 Å². The van der Waals surface area contributed by atoms with Crippen LogP contribution in [0.2, 0.25) is 0 Å². The Kier molecular flexibility index (Phi) is 11.8. The SMILES string of the molecule is CCCCOC(C)O.FC(F)=C(F)F. The number of aliphatic hydroxyl groups is 1. The maximum atomic E-state index is 10.3. The van der Waals surface area contributed by atoms with Gasteiger partial charge in [-0.25, -0.2) is 0 Å². The largest absolute Gasteiger partial charge is 0.368 e. The molecule has 0 aliphatic heterocycles. The molecule has 0 aliphatic carbocycles. The van der Waals surface area contributed by atoms with Crippen LogP contribution in [0.15, 0.2) is 12.2 Å². The second kappa shape index (κ2) is 10.5. The van der Waals surface area contributed by atoms with Crippen molar-refractivity contribution in [1.82, 2.24) is 0 Å². The summed E-state index contributed by atoms with van der Waals surface area (Å²) in [5, 5.41) is 8.56. The number of rotatable bonds is 4. The highest BCUT2D eigenvalue weighted by molar-refractivity contribution is 4.77. The monoisotopic (exact) mass is 218 g/mol. The van der Waals surface area contributed by atoms with Crippen LogP contribution in [0.5, 0.6) is 0 Å². The molecular weight excluding hydrogens is 204 g/mol. The molecule has 1 atom stereocenters. The molecule has 0 saturated carbocycles. The summed E-state index contributed by atoms with van der Waals surface area (Å²) in [4.78, 5) is 0. The van der Waals surface area contributed by atoms with E-state index in [1.54, 1.807) is 6.92 Å². The minimum absolute atomic E-state index is 0.596. The molecule has 0 fully saturated rings. The maximum Gasteiger partial charge on any atom is 0.334 e. The van der Waals surface area contributed by atoms with Gasteiger partial charge in [-0.15, -0.1) is 0 Å². The van der Waals surface area contributed by atoms with E-state index in [1.807, 2.05) is 0 Å². The van der Waals surface area contributed by atoms with Crippen LogP contribution in [0.4, 0.5) is 17.6 Å². The van der Waals surface area contributed by atoms with Crippen LogP contribution in [0.1, 0.15) is 26.7 Å². The third-order valence-electron chi connectivity index (χ3n) is 1.000. The van der Waals surface area contributed by atoms with E-state index in [4.69, 9.17) is 9.84 Å². The lowest BCUT2D eigenvalue weighted by Crippen LogP contribution is -2.06. The van der Waals surface area contributed by atoms with E-state index < -0.39 is 18.5 Å². The summed E-state index contributed by atoms with van der Waals surface area (Å²) in [5.74, 6) is 0. The Bertz CT molecular complexity index is 141. The van der Waals surface area contributed by atoms with E-state index in [-0.39, 0.29) is 0 Å². The Morgan fingerprint density at radius 3 is 1.86 bits per heavy atom. The van der Waals surface area contributed by atoms with Gasteiger partial charge in [0, 0.05) is 6.61 Å². The van der Waals surface area contributed by atoms with Gasteiger partial charge in [-0.1, -0.05) is 13.3 Å². The minimum atomic E-state index is -2.91. The summed E-state index contributed by atoms with van der Waals surface area (Å²) < 4.78 is 46.0. The molecule has 86 valence electrons. The van der Waals surface area contributed by atoms with Gasteiger partial charge in [0.15, 0.2) is 6.29 Å². The molecule has 1 N–H and O–H groups in total. The van der Waals surface area contributed by atoms with Crippen molar-refractivity contribution in [3.8, 4) is 0 Å². The van der Waals surface area contributed by atoms with Crippen LogP contribution in [-0.2, 0) is 4.74 Å². The fourth-order valence-electron chi connectivity index (χ4n) is 0.398. The van der Waals surface area contributed by atoms with E-state index in [2.05, 4.69) is 6.92 Å². The number of hydrogen-bond donors (Lipinski definition) is 1. The van der Waals surface area contributed by atoms with Crippen LogP contribution >= 0.6 is 0 Å². The average molecular weight is 218 g/mol. The summed E-state index contributed by atoms with van der Waals surface area (Å²) in [6.07, 6.45) is -4.26. The third-order valence-corrected chi connectivity index (χ3v) is 1.000. The van der Waals surface area contributed by atoms with Gasteiger partial charge in [-0.05, 0) is 13.3 Å². The highest BCUT2D eigenvalue weighted by Gasteiger charge is 1.98. The van der Waals surface area contributed by atoms with Crippen molar-refractivity contribution >= 4 is 0 Å². The Morgan fingerprint density at radius 1 is 1.21 bits per heavy atom. The van der Waals surface area contributed by atoms with Gasteiger partial charge in [0.05, 0.1) is 0 Å². The van der Waals surface area contributed by atoms with Crippen molar-refractivity contribution in [2.75, 3.05) is 6.61 Å². The first-order chi connectivity index (χ1) is 6.41. The summed E-state index contributed by atoms with van der Waals surface area (Å²) in [7, 11) is 0. The number of hydrogen-bond acceptors (Lipinski definition) is 2. The van der Waals surface area contributed by atoms with Crippen LogP contribution in [-0.4, -0.2) is 18.0 Å². The normalized spacial score (nSPS) is 11.4. The van der Waals surface area contributed by atoms with Gasteiger partial charge in [-0.2, -0.15) is 17.6 Å². The van der Waals surface area contributed by atoms with E-state index in [9.17, 15) is 17.6 Å². The van der Waals surface area contributed by atoms with Crippen LogP contribution in [0.3, 0.4) is 0 Å². The number of halogens is 4. The van der Waals surface area contributed by atoms with Crippen molar-refractivity contribution in [3.63, 3.8) is 0 Å². The highest BCUT2D eigenvalue weighted by Crippen LogP contribution is 2.08. The van der Waals surface area contributed by atoms with Gasteiger partial charge in [-0.3, -0.25) is 0 Å². The topological polar surface area (TPSA) is 29.5 Å². The zero-order valence-corrected chi connectivity index (χ0v) is 8.07. The zero-order chi connectivity index (χ0) is 11.6. The quantitative estimate of drug-likeness (QED) is 0.446. The van der Waals surface area contributed by atoms with Crippen LogP contribution in [0, 0.1) is 0 Å². The predicted octanol–water partition coefficient (Wildman–Crippen LogP) is 3.13. The van der Waals surface area contributed by atoms with Crippen molar-refractivity contribution in [1.29, 1.82) is 0 Å². The lowest BCUT2D eigenvalue weighted by molar-refractivity contribution is -0.0856. The summed E-state index contributed by atoms with van der Waals surface area (Å²) >= 11 is 0. The molecule has 0 saturated heterocycles. The molecular formula is C8H14F4O2. The summed E-state index contributed by atoms with van der Waals surface area (Å²) in [5.41, 5.74) is 0. The molecule has 0 aromatic rings. The first-order valence-electron chi connectivity index (χ1n) is 4.07. The molecule has 0 aliphatic rings. The smallest absolute Gasteiger partial charge is 0.334 e. The van der Waals surface area contributed by atoms with Crippen molar-refractivity contribution < 1.29 is 27.4 Å². The molecule has 0 spiro atoms. The molecule has 0 radical (unpaired) electrons. The molecule has 6 heteroatoms. The second-order valence-corrected chi connectivity index (χ2v) is 2.34. The first kappa shape index (κ1) is 15.8. The van der Waals surface area contributed by atoms with Crippen molar-refractivity contribution in [2.45, 2.75) is 33.0 Å². The molecule has 0 rings (SSSR count). The number of aliphatic hydroxyl groups excluding tert-OH is 1. The molecule has 0 bridgehead atoms. The molecule has 0 heterocycles. The van der Waals surface area contributed by atoms with Crippen LogP contribution < -0.4 is 0 Å². The Hall–Kier alpha value is -0.620. The third kappa shape index (κ3) is 17.5. The molecule has 0 amide bonds. The van der Waals surface area contributed by atoms with Gasteiger partial charge in [0.2, 0.25) is 0 Å². The van der Waals surface area contributed by atoms with Gasteiger partial charge in [0.25, 0.3) is 0 Å². The zero-order valence-electron chi connectivity index (χ0n) is 8.07. The lowest BCUT2D eigenvalue weighted by Gasteiger charge is -2.03. The average Bonchev–Trinajstić information content (AvgIpc) is 2.05. The van der Waals surface area contributed by atoms with Gasteiger partial charge < -0.3 is 9.84 Å². The standard InChI is InChI=1S/C6H14O2.C2F4/c1-3-4-5-8-6(2)7;3-1(4)2(5)6/h6-7H,3-5H2,1-2H3;. The molecule has 14 heavy (non-hydrogen) atoms. The molecule has 2 nitrogen and oxygen atoms in total. The molecule has 1 unspecified atom stereocenters. The fourth-order valence-corrected chi connectivity index (χ4v) is 0.398.